The topological polar surface area (TPSA) is 25.8 Å². The Balaban J connectivity index is 2.16. The van der Waals surface area contributed by atoms with Crippen LogP contribution in [0.1, 0.15) is 0 Å². The highest BCUT2D eigenvalue weighted by Gasteiger charge is 2.44. The molecule has 5 heteroatoms. The summed E-state index contributed by atoms with van der Waals surface area (Å²) in [6.07, 6.45) is 0. The lowest BCUT2D eigenvalue weighted by Gasteiger charge is -2.32. The largest absolute Gasteiger partial charge is 0.249 e. The van der Waals surface area contributed by atoms with Crippen molar-refractivity contribution in [1.29, 1.82) is 0 Å². The number of nitrogens with zero attached hydrogens (tertiary/aromatic N) is 2. The number of hydrogen-bond donors (Lipinski definition) is 0. The van der Waals surface area contributed by atoms with Gasteiger partial charge in [0.2, 0.25) is 8.07 Å². The van der Waals surface area contributed by atoms with Crippen LogP contribution in [-0.4, -0.2) is 18.0 Å². The Morgan fingerprint density at radius 1 is 0.481 bits per heavy atom. The van der Waals surface area contributed by atoms with Crippen LogP contribution in [0.3, 0.4) is 0 Å². The third kappa shape index (κ3) is 3.42. The molecule has 132 valence electrons. The molecule has 0 aliphatic heterocycles. The predicted molar refractivity (Wildman–Crippen MR) is 121 cm³/mol. The van der Waals surface area contributed by atoms with Crippen molar-refractivity contribution in [3.63, 3.8) is 0 Å². The molecule has 0 unspecified atom stereocenters. The van der Waals surface area contributed by atoms with Crippen molar-refractivity contribution in [3.05, 3.63) is 106 Å². The molecule has 0 amide bonds. The Labute approximate surface area is 176 Å². The van der Waals surface area contributed by atoms with E-state index in [1.165, 1.54) is 10.4 Å². The zero-order valence-electron chi connectivity index (χ0n) is 14.4. The molecule has 2 heterocycles. The molecule has 0 N–H and O–H groups in total. The number of pyridine rings is 2. The van der Waals surface area contributed by atoms with E-state index in [0.717, 1.165) is 19.8 Å². The first-order chi connectivity index (χ1) is 13.2. The summed E-state index contributed by atoms with van der Waals surface area (Å²) >= 11 is 7.14. The van der Waals surface area contributed by atoms with Crippen molar-refractivity contribution in [1.82, 2.24) is 9.97 Å². The maximum Gasteiger partial charge on any atom is 0.223 e. The number of aromatic nitrogens is 2. The first kappa shape index (κ1) is 18.3. The van der Waals surface area contributed by atoms with Gasteiger partial charge in [0.15, 0.2) is 0 Å². The highest BCUT2D eigenvalue weighted by atomic mass is 79.9. The molecule has 0 spiro atoms. The normalized spacial score (nSPS) is 11.3. The van der Waals surface area contributed by atoms with Crippen molar-refractivity contribution in [2.45, 2.75) is 0 Å². The van der Waals surface area contributed by atoms with Gasteiger partial charge in [-0.05, 0) is 66.5 Å². The van der Waals surface area contributed by atoms with Gasteiger partial charge >= 0.3 is 0 Å². The molecule has 4 rings (SSSR count). The quantitative estimate of drug-likeness (QED) is 0.320. The van der Waals surface area contributed by atoms with Crippen LogP contribution in [0.5, 0.6) is 0 Å². The monoisotopic (exact) mass is 494 g/mol. The van der Waals surface area contributed by atoms with Crippen molar-refractivity contribution in [2.24, 2.45) is 0 Å². The summed E-state index contributed by atoms with van der Waals surface area (Å²) in [5.41, 5.74) is 0. The first-order valence-corrected chi connectivity index (χ1v) is 12.2. The third-order valence-corrected chi connectivity index (χ3v) is 9.99. The van der Waals surface area contributed by atoms with E-state index in [-0.39, 0.29) is 0 Å². The van der Waals surface area contributed by atoms with Crippen LogP contribution in [0, 0.1) is 0 Å². The van der Waals surface area contributed by atoms with Gasteiger partial charge < -0.3 is 0 Å². The maximum atomic E-state index is 4.93. The SMILES string of the molecule is Brc1cccc([Si](c2ccccc2)(c2ccccc2)c2cccc(Br)n2)n1. The van der Waals surface area contributed by atoms with E-state index in [1.807, 2.05) is 12.1 Å². The predicted octanol–water partition coefficient (Wildman–Crippen LogP) is 3.38. The van der Waals surface area contributed by atoms with Crippen molar-refractivity contribution in [3.8, 4) is 0 Å². The Kier molecular flexibility index (Phi) is 5.34. The van der Waals surface area contributed by atoms with Gasteiger partial charge in [-0.25, -0.2) is 9.97 Å². The van der Waals surface area contributed by atoms with Crippen molar-refractivity contribution < 1.29 is 0 Å². The third-order valence-electron chi connectivity index (χ3n) is 4.61. The van der Waals surface area contributed by atoms with Gasteiger partial charge in [-0.1, -0.05) is 72.8 Å². The molecule has 0 atom stereocenters. The summed E-state index contributed by atoms with van der Waals surface area (Å²) in [5.74, 6) is 0. The number of hydrogen-bond acceptors (Lipinski definition) is 2. The van der Waals surface area contributed by atoms with Crippen LogP contribution < -0.4 is 21.0 Å². The van der Waals surface area contributed by atoms with E-state index in [0.29, 0.717) is 0 Å². The molecule has 0 radical (unpaired) electrons. The lowest BCUT2D eigenvalue weighted by Crippen LogP contribution is -2.76. The molecule has 27 heavy (non-hydrogen) atoms. The van der Waals surface area contributed by atoms with E-state index in [1.54, 1.807) is 0 Å². The van der Waals surface area contributed by atoms with Crippen LogP contribution in [0.2, 0.25) is 0 Å². The molecule has 0 aliphatic rings. The van der Waals surface area contributed by atoms with Crippen LogP contribution >= 0.6 is 31.9 Å². The molecule has 0 bridgehead atoms. The Morgan fingerprint density at radius 3 is 1.26 bits per heavy atom. The average Bonchev–Trinajstić information content (AvgIpc) is 2.71. The van der Waals surface area contributed by atoms with E-state index < -0.39 is 8.07 Å². The zero-order valence-corrected chi connectivity index (χ0v) is 18.6. The van der Waals surface area contributed by atoms with Gasteiger partial charge in [-0.2, -0.15) is 0 Å². The average molecular weight is 496 g/mol. The van der Waals surface area contributed by atoms with Gasteiger partial charge in [-0.3, -0.25) is 0 Å². The summed E-state index contributed by atoms with van der Waals surface area (Å²) < 4.78 is 1.66. The standard InChI is InChI=1S/C22H16Br2N2Si/c23-19-13-7-15-21(25-19)27(17-9-3-1-4-10-17,18-11-5-2-6-12-18)22-16-8-14-20(24)26-22/h1-16H. The second-order valence-corrected chi connectivity index (χ2v) is 11.5. The van der Waals surface area contributed by atoms with Crippen LogP contribution in [0.15, 0.2) is 106 Å². The Bertz CT molecular complexity index is 969. The van der Waals surface area contributed by atoms with Crippen LogP contribution in [0.25, 0.3) is 0 Å². The smallest absolute Gasteiger partial charge is 0.223 e. The molecule has 4 aromatic rings. The summed E-state index contributed by atoms with van der Waals surface area (Å²) in [7, 11) is -2.64. The molecule has 0 saturated carbocycles. The zero-order chi connectivity index (χ0) is 18.7. The van der Waals surface area contributed by atoms with Gasteiger partial charge in [0.25, 0.3) is 0 Å². The maximum absolute atomic E-state index is 4.93. The van der Waals surface area contributed by atoms with E-state index in [9.17, 15) is 0 Å². The fourth-order valence-corrected chi connectivity index (χ4v) is 8.95. The van der Waals surface area contributed by atoms with Crippen molar-refractivity contribution in [2.75, 3.05) is 0 Å². The molecule has 2 nitrogen and oxygen atoms in total. The number of benzene rings is 2. The molecule has 0 saturated heterocycles. The minimum atomic E-state index is -2.64. The summed E-state index contributed by atoms with van der Waals surface area (Å²) in [4.78, 5) is 9.86. The highest BCUT2D eigenvalue weighted by molar-refractivity contribution is 9.10. The summed E-state index contributed by atoms with van der Waals surface area (Å²) in [5, 5.41) is 4.62. The number of rotatable bonds is 4. The molecule has 2 aromatic carbocycles. The fourth-order valence-electron chi connectivity index (χ4n) is 3.50. The lowest BCUT2D eigenvalue weighted by atomic mass is 10.4. The van der Waals surface area contributed by atoms with Gasteiger partial charge in [0.05, 0.1) is 0 Å². The summed E-state index contributed by atoms with van der Waals surface area (Å²) in [6.45, 7) is 0. The Morgan fingerprint density at radius 2 is 0.889 bits per heavy atom. The summed E-state index contributed by atoms with van der Waals surface area (Å²) in [6, 6.07) is 33.6. The molecular formula is C22H16Br2N2Si. The molecule has 0 aliphatic carbocycles. The molecular weight excluding hydrogens is 480 g/mol. The minimum absolute atomic E-state index is 0.832. The van der Waals surface area contributed by atoms with E-state index in [4.69, 9.17) is 9.97 Å². The molecule has 0 fully saturated rings. The van der Waals surface area contributed by atoms with Gasteiger partial charge in [0.1, 0.15) is 9.21 Å². The van der Waals surface area contributed by atoms with E-state index >= 15 is 0 Å². The van der Waals surface area contributed by atoms with Crippen LogP contribution in [0.4, 0.5) is 0 Å². The number of halogens is 2. The second kappa shape index (κ2) is 7.88. The fraction of sp³-hybridized carbons (Fsp3) is 0. The lowest BCUT2D eigenvalue weighted by molar-refractivity contribution is 1.29. The van der Waals surface area contributed by atoms with Crippen molar-refractivity contribution >= 4 is 60.9 Å². The minimum Gasteiger partial charge on any atom is -0.249 e. The first-order valence-electron chi connectivity index (χ1n) is 8.58. The second-order valence-electron chi connectivity index (χ2n) is 6.17. The Hall–Kier alpha value is -2.08. The van der Waals surface area contributed by atoms with Gasteiger partial charge in [-0.15, -0.1) is 0 Å². The highest BCUT2D eigenvalue weighted by Crippen LogP contribution is 2.11. The molecule has 2 aromatic heterocycles. The van der Waals surface area contributed by atoms with Gasteiger partial charge in [0, 0.05) is 10.6 Å². The van der Waals surface area contributed by atoms with E-state index in [2.05, 4.69) is 117 Å². The van der Waals surface area contributed by atoms with Crippen LogP contribution in [-0.2, 0) is 0 Å².